The van der Waals surface area contributed by atoms with Crippen LogP contribution in [0.5, 0.6) is 0 Å². The van der Waals surface area contributed by atoms with Crippen LogP contribution in [0, 0.1) is 5.92 Å². The number of hydrogen-bond donors (Lipinski definition) is 0. The molecule has 1 aliphatic heterocycles. The number of pyridine rings is 1. The van der Waals surface area contributed by atoms with Gasteiger partial charge in [0.2, 0.25) is 5.91 Å². The largest absolute Gasteiger partial charge is 0.339 e. The van der Waals surface area contributed by atoms with Gasteiger partial charge in [-0.3, -0.25) is 9.59 Å². The molecule has 0 N–H and O–H groups in total. The molecule has 106 valence electrons. The molecule has 2 aliphatic rings. The van der Waals surface area contributed by atoms with Crippen molar-refractivity contribution in [1.82, 2.24) is 14.8 Å². The molecular formula is C14H16BrN3O2. The van der Waals surface area contributed by atoms with Crippen molar-refractivity contribution >= 4 is 27.7 Å². The Morgan fingerprint density at radius 2 is 1.75 bits per heavy atom. The molecular weight excluding hydrogens is 322 g/mol. The first-order chi connectivity index (χ1) is 9.65. The molecule has 0 radical (unpaired) electrons. The standard InChI is InChI=1S/C14H16BrN3O2/c15-11-3-4-12(16-9-11)14(20)18-7-5-17(6-8-18)13(19)10-1-2-10/h3-4,9-10H,1-2,5-8H2. The van der Waals surface area contributed by atoms with Gasteiger partial charge in [0.1, 0.15) is 5.69 Å². The van der Waals surface area contributed by atoms with Gasteiger partial charge in [-0.2, -0.15) is 0 Å². The molecule has 2 heterocycles. The van der Waals surface area contributed by atoms with Crippen LogP contribution in [-0.4, -0.2) is 52.8 Å². The highest BCUT2D eigenvalue weighted by molar-refractivity contribution is 9.10. The van der Waals surface area contributed by atoms with Crippen LogP contribution in [0.1, 0.15) is 23.3 Å². The van der Waals surface area contributed by atoms with E-state index in [0.717, 1.165) is 17.3 Å². The van der Waals surface area contributed by atoms with Crippen LogP contribution in [0.25, 0.3) is 0 Å². The van der Waals surface area contributed by atoms with Crippen molar-refractivity contribution in [3.8, 4) is 0 Å². The summed E-state index contributed by atoms with van der Waals surface area (Å²) < 4.78 is 0.855. The molecule has 5 nitrogen and oxygen atoms in total. The third kappa shape index (κ3) is 2.85. The number of carbonyl (C=O) groups excluding carboxylic acids is 2. The van der Waals surface area contributed by atoms with Crippen molar-refractivity contribution in [1.29, 1.82) is 0 Å². The van der Waals surface area contributed by atoms with Crippen LogP contribution in [-0.2, 0) is 4.79 Å². The van der Waals surface area contributed by atoms with E-state index in [1.807, 2.05) is 11.0 Å². The maximum absolute atomic E-state index is 12.3. The number of piperazine rings is 1. The Bertz CT molecular complexity index is 520. The minimum Gasteiger partial charge on any atom is -0.339 e. The van der Waals surface area contributed by atoms with Crippen LogP contribution >= 0.6 is 15.9 Å². The number of amides is 2. The molecule has 0 bridgehead atoms. The zero-order chi connectivity index (χ0) is 14.1. The smallest absolute Gasteiger partial charge is 0.272 e. The third-order valence-corrected chi connectivity index (χ3v) is 4.22. The monoisotopic (exact) mass is 337 g/mol. The highest BCUT2D eigenvalue weighted by atomic mass is 79.9. The number of nitrogens with zero attached hydrogens (tertiary/aromatic N) is 3. The normalized spacial score (nSPS) is 19.1. The lowest BCUT2D eigenvalue weighted by Gasteiger charge is -2.34. The van der Waals surface area contributed by atoms with Crippen molar-refractivity contribution < 1.29 is 9.59 Å². The van der Waals surface area contributed by atoms with E-state index in [1.165, 1.54) is 0 Å². The van der Waals surface area contributed by atoms with Gasteiger partial charge in [-0.05, 0) is 40.9 Å². The van der Waals surface area contributed by atoms with Crippen LogP contribution in [0.4, 0.5) is 0 Å². The molecule has 1 saturated heterocycles. The lowest BCUT2D eigenvalue weighted by molar-refractivity contribution is -0.134. The molecule has 20 heavy (non-hydrogen) atoms. The van der Waals surface area contributed by atoms with Crippen molar-refractivity contribution in [3.63, 3.8) is 0 Å². The first-order valence-electron chi connectivity index (χ1n) is 6.85. The second kappa shape index (κ2) is 5.52. The van der Waals surface area contributed by atoms with E-state index in [2.05, 4.69) is 20.9 Å². The summed E-state index contributed by atoms with van der Waals surface area (Å²) in [5.41, 5.74) is 0.454. The SMILES string of the molecule is O=C(c1ccc(Br)cn1)N1CCN(C(=O)C2CC2)CC1. The van der Waals surface area contributed by atoms with E-state index in [4.69, 9.17) is 0 Å². The van der Waals surface area contributed by atoms with Gasteiger partial charge in [-0.25, -0.2) is 4.98 Å². The Kier molecular flexibility index (Phi) is 3.74. The second-order valence-electron chi connectivity index (χ2n) is 5.25. The maximum atomic E-state index is 12.3. The fourth-order valence-corrected chi connectivity index (χ4v) is 2.62. The lowest BCUT2D eigenvalue weighted by atomic mass is 10.2. The van der Waals surface area contributed by atoms with Gasteiger partial charge < -0.3 is 9.80 Å². The Balaban J connectivity index is 1.58. The first-order valence-corrected chi connectivity index (χ1v) is 7.64. The summed E-state index contributed by atoms with van der Waals surface area (Å²) in [4.78, 5) is 32.0. The number of carbonyl (C=O) groups is 2. The zero-order valence-electron chi connectivity index (χ0n) is 11.1. The first kappa shape index (κ1) is 13.5. The molecule has 2 fully saturated rings. The minimum atomic E-state index is -0.0592. The maximum Gasteiger partial charge on any atom is 0.272 e. The van der Waals surface area contributed by atoms with Gasteiger partial charge in [0.05, 0.1) is 0 Å². The van der Waals surface area contributed by atoms with Gasteiger partial charge in [0.15, 0.2) is 0 Å². The van der Waals surface area contributed by atoms with Gasteiger partial charge in [0, 0.05) is 42.8 Å². The van der Waals surface area contributed by atoms with E-state index >= 15 is 0 Å². The number of hydrogen-bond acceptors (Lipinski definition) is 3. The Morgan fingerprint density at radius 3 is 2.30 bits per heavy atom. The van der Waals surface area contributed by atoms with Gasteiger partial charge >= 0.3 is 0 Å². The van der Waals surface area contributed by atoms with Crippen LogP contribution in [0.2, 0.25) is 0 Å². The highest BCUT2D eigenvalue weighted by Crippen LogP contribution is 2.31. The second-order valence-corrected chi connectivity index (χ2v) is 6.17. The molecule has 1 aromatic heterocycles. The molecule has 6 heteroatoms. The minimum absolute atomic E-state index is 0.0592. The summed E-state index contributed by atoms with van der Waals surface area (Å²) in [5, 5.41) is 0. The number of aromatic nitrogens is 1. The third-order valence-electron chi connectivity index (χ3n) is 3.75. The van der Waals surface area contributed by atoms with Crippen LogP contribution < -0.4 is 0 Å². The Labute approximate surface area is 126 Å². The molecule has 0 aromatic carbocycles. The van der Waals surface area contributed by atoms with E-state index in [9.17, 15) is 9.59 Å². The van der Waals surface area contributed by atoms with E-state index in [-0.39, 0.29) is 17.7 Å². The summed E-state index contributed by atoms with van der Waals surface area (Å²) in [7, 11) is 0. The highest BCUT2D eigenvalue weighted by Gasteiger charge is 2.35. The molecule has 1 aliphatic carbocycles. The summed E-state index contributed by atoms with van der Waals surface area (Å²) in [6.45, 7) is 2.46. The summed E-state index contributed by atoms with van der Waals surface area (Å²) in [6, 6.07) is 3.53. The molecule has 2 amide bonds. The van der Waals surface area contributed by atoms with E-state index in [0.29, 0.717) is 31.9 Å². The topological polar surface area (TPSA) is 53.5 Å². The fraction of sp³-hybridized carbons (Fsp3) is 0.500. The average Bonchev–Trinajstić information content (AvgIpc) is 3.31. The number of rotatable bonds is 2. The van der Waals surface area contributed by atoms with Crippen LogP contribution in [0.3, 0.4) is 0 Å². The predicted molar refractivity (Wildman–Crippen MR) is 77.1 cm³/mol. The van der Waals surface area contributed by atoms with Crippen molar-refractivity contribution in [3.05, 3.63) is 28.5 Å². The summed E-state index contributed by atoms with van der Waals surface area (Å²) in [6.07, 6.45) is 3.68. The van der Waals surface area contributed by atoms with Crippen molar-refractivity contribution in [2.24, 2.45) is 5.92 Å². The van der Waals surface area contributed by atoms with Crippen LogP contribution in [0.15, 0.2) is 22.8 Å². The van der Waals surface area contributed by atoms with Gasteiger partial charge in [0.25, 0.3) is 5.91 Å². The average molecular weight is 338 g/mol. The molecule has 1 saturated carbocycles. The fourth-order valence-electron chi connectivity index (χ4n) is 2.38. The molecule has 1 aromatic rings. The molecule has 0 atom stereocenters. The summed E-state index contributed by atoms with van der Waals surface area (Å²) in [5.74, 6) is 0.459. The Morgan fingerprint density at radius 1 is 1.10 bits per heavy atom. The Hall–Kier alpha value is -1.43. The molecule has 3 rings (SSSR count). The van der Waals surface area contributed by atoms with E-state index in [1.54, 1.807) is 17.2 Å². The van der Waals surface area contributed by atoms with Gasteiger partial charge in [-0.15, -0.1) is 0 Å². The zero-order valence-corrected chi connectivity index (χ0v) is 12.7. The summed E-state index contributed by atoms with van der Waals surface area (Å²) >= 11 is 3.30. The quantitative estimate of drug-likeness (QED) is 0.822. The number of halogens is 1. The van der Waals surface area contributed by atoms with Crippen molar-refractivity contribution in [2.75, 3.05) is 26.2 Å². The van der Waals surface area contributed by atoms with Crippen molar-refractivity contribution in [2.45, 2.75) is 12.8 Å². The molecule has 0 unspecified atom stereocenters. The lowest BCUT2D eigenvalue weighted by Crippen LogP contribution is -2.51. The molecule has 0 spiro atoms. The predicted octanol–water partition coefficient (Wildman–Crippen LogP) is 1.54. The van der Waals surface area contributed by atoms with Gasteiger partial charge in [-0.1, -0.05) is 0 Å². The van der Waals surface area contributed by atoms with E-state index < -0.39 is 0 Å².